The maximum absolute atomic E-state index is 14.5. The van der Waals surface area contributed by atoms with E-state index in [1.165, 1.54) is 12.1 Å². The molecule has 0 radical (unpaired) electrons. The van der Waals surface area contributed by atoms with Gasteiger partial charge in [0, 0.05) is 55.0 Å². The molecule has 2 atom stereocenters. The lowest BCUT2D eigenvalue weighted by molar-refractivity contribution is 0.190. The summed E-state index contributed by atoms with van der Waals surface area (Å²) in [4.78, 5) is 3.26. The van der Waals surface area contributed by atoms with E-state index in [-0.39, 0.29) is 11.5 Å². The van der Waals surface area contributed by atoms with Crippen molar-refractivity contribution in [2.75, 3.05) is 19.8 Å². The summed E-state index contributed by atoms with van der Waals surface area (Å²) in [5.41, 5.74) is 2.26. The van der Waals surface area contributed by atoms with Crippen molar-refractivity contribution in [2.45, 2.75) is 37.8 Å². The Labute approximate surface area is 164 Å². The molecule has 0 unspecified atom stereocenters. The Balaban J connectivity index is 1.50. The second-order valence-corrected chi connectivity index (χ2v) is 8.13. The average molecular weight is 444 g/mol. The first-order valence-corrected chi connectivity index (χ1v) is 9.99. The Hall–Kier alpha value is -1.09. The molecule has 0 saturated carbocycles. The third kappa shape index (κ3) is 3.40. The van der Waals surface area contributed by atoms with Crippen LogP contribution in [0.3, 0.4) is 0 Å². The molecular weight excluding hydrogens is 424 g/mol. The summed E-state index contributed by atoms with van der Waals surface area (Å²) < 4.78 is 37.0. The zero-order valence-electron chi connectivity index (χ0n) is 14.2. The molecule has 2 aliphatic heterocycles. The Kier molecular flexibility index (Phi) is 5.27. The molecule has 1 fully saturated rings. The highest BCUT2D eigenvalue weighted by atomic mass is 79.9. The highest BCUT2D eigenvalue weighted by Crippen LogP contribution is 2.36. The summed E-state index contributed by atoms with van der Waals surface area (Å²) >= 11 is 8.58. The molecule has 1 saturated heterocycles. The van der Waals surface area contributed by atoms with Crippen LogP contribution in [-0.2, 0) is 24.1 Å². The lowest BCUT2D eigenvalue weighted by Crippen LogP contribution is -2.31. The van der Waals surface area contributed by atoms with Gasteiger partial charge in [0.15, 0.2) is 4.77 Å². The van der Waals surface area contributed by atoms with E-state index in [9.17, 15) is 8.78 Å². The first kappa shape index (κ1) is 18.3. The van der Waals surface area contributed by atoms with E-state index < -0.39 is 11.6 Å². The van der Waals surface area contributed by atoms with Gasteiger partial charge in [0.05, 0.1) is 11.1 Å². The van der Waals surface area contributed by atoms with Gasteiger partial charge < -0.3 is 19.6 Å². The summed E-state index contributed by atoms with van der Waals surface area (Å²) in [6.45, 7) is 2.89. The topological polar surface area (TPSA) is 42.0 Å². The van der Waals surface area contributed by atoms with Gasteiger partial charge in [-0.25, -0.2) is 8.78 Å². The quantitative estimate of drug-likeness (QED) is 0.544. The van der Waals surface area contributed by atoms with E-state index in [1.807, 2.05) is 4.57 Å². The maximum atomic E-state index is 14.5. The van der Waals surface area contributed by atoms with Gasteiger partial charge in [0.1, 0.15) is 11.6 Å². The van der Waals surface area contributed by atoms with Gasteiger partial charge in [0.2, 0.25) is 0 Å². The Morgan fingerprint density at radius 2 is 2.23 bits per heavy atom. The first-order chi connectivity index (χ1) is 12.5. The molecule has 8 heteroatoms. The van der Waals surface area contributed by atoms with E-state index in [2.05, 4.69) is 26.2 Å². The van der Waals surface area contributed by atoms with Crippen LogP contribution in [0.15, 0.2) is 16.6 Å². The Bertz CT molecular complexity index is 876. The fourth-order valence-corrected chi connectivity index (χ4v) is 4.57. The SMILES string of the molecule is Fc1ccc(Br)c(F)c1[C@H]1Cc2c(CCN[C@@H]3CCOC3)[nH]c(=S)n2C1. The molecular formula is C18H20BrF2N3OS. The van der Waals surface area contributed by atoms with E-state index in [4.69, 9.17) is 17.0 Å². The number of aromatic nitrogens is 2. The molecule has 2 aromatic rings. The average Bonchev–Trinajstić information content (AvgIpc) is 3.32. The second-order valence-electron chi connectivity index (χ2n) is 6.89. The van der Waals surface area contributed by atoms with Crippen molar-refractivity contribution in [2.24, 2.45) is 0 Å². The molecule has 0 bridgehead atoms. The second kappa shape index (κ2) is 7.50. The van der Waals surface area contributed by atoms with Crippen LogP contribution >= 0.6 is 28.1 Å². The summed E-state index contributed by atoms with van der Waals surface area (Å²) in [5, 5.41) is 3.48. The fourth-order valence-electron chi connectivity index (χ4n) is 3.91. The van der Waals surface area contributed by atoms with Gasteiger partial charge in [-0.05, 0) is 53.1 Å². The Morgan fingerprint density at radius 1 is 1.38 bits per heavy atom. The van der Waals surface area contributed by atoms with Crippen LogP contribution in [0, 0.1) is 16.4 Å². The molecule has 3 heterocycles. The standard InChI is InChI=1S/C18H20BrF2N3OS/c19-12-1-2-13(20)16(17(12)21)10-7-15-14(23-18(26)24(15)8-10)3-5-22-11-4-6-25-9-11/h1-2,10-11,22H,3-9H2,(H,23,26)/t10-,11+/m0/s1. The van der Waals surface area contributed by atoms with Crippen molar-refractivity contribution in [1.82, 2.24) is 14.9 Å². The van der Waals surface area contributed by atoms with E-state index in [0.717, 1.165) is 44.0 Å². The smallest absolute Gasteiger partial charge is 0.177 e. The number of imidazole rings is 1. The van der Waals surface area contributed by atoms with Crippen molar-refractivity contribution in [3.05, 3.63) is 50.0 Å². The third-order valence-electron chi connectivity index (χ3n) is 5.25. The number of hydrogen-bond acceptors (Lipinski definition) is 3. The predicted molar refractivity (Wildman–Crippen MR) is 101 cm³/mol. The third-order valence-corrected chi connectivity index (χ3v) is 6.18. The zero-order chi connectivity index (χ0) is 18.3. The number of nitrogens with zero attached hydrogens (tertiary/aromatic N) is 1. The summed E-state index contributed by atoms with van der Waals surface area (Å²) in [5.74, 6) is -1.25. The number of hydrogen-bond donors (Lipinski definition) is 2. The number of aromatic amines is 1. The number of ether oxygens (including phenoxy) is 1. The van der Waals surface area contributed by atoms with Gasteiger partial charge in [-0.3, -0.25) is 0 Å². The number of rotatable bonds is 5. The molecule has 2 aliphatic rings. The van der Waals surface area contributed by atoms with E-state index in [0.29, 0.717) is 28.3 Å². The minimum Gasteiger partial charge on any atom is -0.380 e. The monoisotopic (exact) mass is 443 g/mol. The van der Waals surface area contributed by atoms with Crippen LogP contribution < -0.4 is 5.32 Å². The van der Waals surface area contributed by atoms with Gasteiger partial charge in [-0.1, -0.05) is 0 Å². The summed E-state index contributed by atoms with van der Waals surface area (Å²) in [7, 11) is 0. The van der Waals surface area contributed by atoms with Crippen molar-refractivity contribution in [3.63, 3.8) is 0 Å². The summed E-state index contributed by atoms with van der Waals surface area (Å²) in [6, 6.07) is 3.12. The first-order valence-electron chi connectivity index (χ1n) is 8.79. The fraction of sp³-hybridized carbons (Fsp3) is 0.500. The van der Waals surface area contributed by atoms with Crippen LogP contribution in [-0.4, -0.2) is 35.4 Å². The number of nitrogens with one attached hydrogen (secondary N) is 2. The molecule has 1 aromatic heterocycles. The molecule has 4 rings (SSSR count). The van der Waals surface area contributed by atoms with Crippen LogP contribution in [0.2, 0.25) is 0 Å². The van der Waals surface area contributed by atoms with E-state index >= 15 is 0 Å². The number of halogens is 3. The molecule has 0 spiro atoms. The number of benzene rings is 1. The van der Waals surface area contributed by atoms with Crippen LogP contribution in [0.5, 0.6) is 0 Å². The molecule has 0 aliphatic carbocycles. The van der Waals surface area contributed by atoms with Crippen LogP contribution in [0.4, 0.5) is 8.78 Å². The maximum Gasteiger partial charge on any atom is 0.177 e. The lowest BCUT2D eigenvalue weighted by Gasteiger charge is -2.13. The van der Waals surface area contributed by atoms with Gasteiger partial charge >= 0.3 is 0 Å². The zero-order valence-corrected chi connectivity index (χ0v) is 16.6. The van der Waals surface area contributed by atoms with Crippen molar-refractivity contribution >= 4 is 28.1 Å². The van der Waals surface area contributed by atoms with Gasteiger partial charge in [0.25, 0.3) is 0 Å². The van der Waals surface area contributed by atoms with Crippen LogP contribution in [0.25, 0.3) is 0 Å². The molecule has 4 nitrogen and oxygen atoms in total. The van der Waals surface area contributed by atoms with Crippen LogP contribution in [0.1, 0.15) is 29.3 Å². The Morgan fingerprint density at radius 3 is 3.00 bits per heavy atom. The van der Waals surface area contributed by atoms with E-state index in [1.54, 1.807) is 0 Å². The highest BCUT2D eigenvalue weighted by molar-refractivity contribution is 9.10. The lowest BCUT2D eigenvalue weighted by atomic mass is 9.95. The largest absolute Gasteiger partial charge is 0.380 e. The van der Waals surface area contributed by atoms with Gasteiger partial charge in [-0.15, -0.1) is 0 Å². The number of H-pyrrole nitrogens is 1. The minimum absolute atomic E-state index is 0.143. The summed E-state index contributed by atoms with van der Waals surface area (Å²) in [6.07, 6.45) is 2.42. The van der Waals surface area contributed by atoms with Gasteiger partial charge in [-0.2, -0.15) is 0 Å². The minimum atomic E-state index is -0.514. The molecule has 1 aromatic carbocycles. The normalized spacial score (nSPS) is 22.1. The molecule has 140 valence electrons. The molecule has 2 N–H and O–H groups in total. The number of fused-ring (bicyclic) bond motifs is 1. The highest BCUT2D eigenvalue weighted by Gasteiger charge is 2.31. The van der Waals surface area contributed by atoms with Crippen molar-refractivity contribution < 1.29 is 13.5 Å². The molecule has 26 heavy (non-hydrogen) atoms. The predicted octanol–water partition coefficient (Wildman–Crippen LogP) is 3.85. The molecule has 0 amide bonds. The van der Waals surface area contributed by atoms with Crippen molar-refractivity contribution in [1.29, 1.82) is 0 Å². The van der Waals surface area contributed by atoms with Crippen molar-refractivity contribution in [3.8, 4) is 0 Å².